The summed E-state index contributed by atoms with van der Waals surface area (Å²) in [6, 6.07) is 8.24. The third-order valence-corrected chi connectivity index (χ3v) is 5.85. The van der Waals surface area contributed by atoms with E-state index in [1.165, 1.54) is 51.4 Å². The lowest BCUT2D eigenvalue weighted by Gasteiger charge is -2.32. The number of rotatable bonds is 4. The Morgan fingerprint density at radius 3 is 2.42 bits per heavy atom. The SMILES string of the molecule is Cc1cccc(NC(=O)NC2CCC(CC3CCCCC3)CC2)c1. The highest BCUT2D eigenvalue weighted by Gasteiger charge is 2.25. The first-order valence-corrected chi connectivity index (χ1v) is 9.83. The molecule has 0 heterocycles. The molecule has 0 radical (unpaired) electrons. The molecule has 0 atom stereocenters. The quantitative estimate of drug-likeness (QED) is 0.737. The number of aryl methyl sites for hydroxylation is 1. The summed E-state index contributed by atoms with van der Waals surface area (Å²) < 4.78 is 0. The third-order valence-electron chi connectivity index (χ3n) is 5.85. The summed E-state index contributed by atoms with van der Waals surface area (Å²) in [7, 11) is 0. The van der Waals surface area contributed by atoms with Crippen molar-refractivity contribution in [3.8, 4) is 0 Å². The van der Waals surface area contributed by atoms with Gasteiger partial charge in [0, 0.05) is 11.7 Å². The largest absolute Gasteiger partial charge is 0.335 e. The van der Waals surface area contributed by atoms with Crippen LogP contribution in [0.2, 0.25) is 0 Å². The molecule has 3 rings (SSSR count). The fourth-order valence-corrected chi connectivity index (χ4v) is 4.51. The number of hydrogen-bond donors (Lipinski definition) is 2. The summed E-state index contributed by atoms with van der Waals surface area (Å²) in [5, 5.41) is 6.12. The molecule has 2 aliphatic carbocycles. The van der Waals surface area contributed by atoms with Crippen LogP contribution in [-0.2, 0) is 0 Å². The van der Waals surface area contributed by atoms with Gasteiger partial charge in [-0.1, -0.05) is 44.2 Å². The molecule has 2 amide bonds. The maximum Gasteiger partial charge on any atom is 0.319 e. The van der Waals surface area contributed by atoms with E-state index >= 15 is 0 Å². The maximum atomic E-state index is 12.2. The summed E-state index contributed by atoms with van der Waals surface area (Å²) in [6.45, 7) is 2.04. The first-order chi connectivity index (χ1) is 11.7. The summed E-state index contributed by atoms with van der Waals surface area (Å²) in [5.41, 5.74) is 2.04. The Labute approximate surface area is 146 Å². The number of benzene rings is 1. The second-order valence-electron chi connectivity index (χ2n) is 7.93. The molecule has 3 nitrogen and oxygen atoms in total. The molecule has 0 saturated heterocycles. The summed E-state index contributed by atoms with van der Waals surface area (Å²) in [5.74, 6) is 1.88. The lowest BCUT2D eigenvalue weighted by Crippen LogP contribution is -2.40. The van der Waals surface area contributed by atoms with Crippen molar-refractivity contribution in [1.82, 2.24) is 5.32 Å². The zero-order valence-corrected chi connectivity index (χ0v) is 15.0. The third kappa shape index (κ3) is 5.25. The van der Waals surface area contributed by atoms with Crippen molar-refractivity contribution in [3.05, 3.63) is 29.8 Å². The highest BCUT2D eigenvalue weighted by atomic mass is 16.2. The normalized spacial score (nSPS) is 25.2. The van der Waals surface area contributed by atoms with Gasteiger partial charge in [-0.05, 0) is 68.6 Å². The molecule has 132 valence electrons. The average Bonchev–Trinajstić information content (AvgIpc) is 2.57. The van der Waals surface area contributed by atoms with Crippen molar-refractivity contribution in [2.75, 3.05) is 5.32 Å². The number of carbonyl (C=O) groups excluding carboxylic acids is 1. The molecule has 0 bridgehead atoms. The van der Waals surface area contributed by atoms with Crippen LogP contribution in [0.3, 0.4) is 0 Å². The predicted octanol–water partition coefficient (Wildman–Crippen LogP) is 5.65. The standard InChI is InChI=1S/C21H32N2O/c1-16-6-5-9-20(14-16)23-21(24)22-19-12-10-18(11-13-19)15-17-7-3-2-4-8-17/h5-6,9,14,17-19H,2-4,7-8,10-13,15H2,1H3,(H2,22,23,24). The van der Waals surface area contributed by atoms with Crippen LogP contribution in [-0.4, -0.2) is 12.1 Å². The number of urea groups is 1. The number of carbonyl (C=O) groups is 1. The molecule has 0 aliphatic heterocycles. The molecule has 0 aromatic heterocycles. The zero-order chi connectivity index (χ0) is 16.8. The fourth-order valence-electron chi connectivity index (χ4n) is 4.51. The summed E-state index contributed by atoms with van der Waals surface area (Å²) >= 11 is 0. The second-order valence-corrected chi connectivity index (χ2v) is 7.93. The molecule has 0 spiro atoms. The Balaban J connectivity index is 1.37. The van der Waals surface area contributed by atoms with E-state index in [-0.39, 0.29) is 6.03 Å². The van der Waals surface area contributed by atoms with Crippen LogP contribution in [0.5, 0.6) is 0 Å². The molecule has 2 N–H and O–H groups in total. The highest BCUT2D eigenvalue weighted by Crippen LogP contribution is 2.35. The number of hydrogen-bond acceptors (Lipinski definition) is 1. The van der Waals surface area contributed by atoms with Crippen molar-refractivity contribution >= 4 is 11.7 Å². The van der Waals surface area contributed by atoms with Gasteiger partial charge in [0.05, 0.1) is 0 Å². The lowest BCUT2D eigenvalue weighted by atomic mass is 9.76. The molecule has 3 heteroatoms. The summed E-state index contributed by atoms with van der Waals surface area (Å²) in [4.78, 5) is 12.2. The van der Waals surface area contributed by atoms with Gasteiger partial charge < -0.3 is 10.6 Å². The lowest BCUT2D eigenvalue weighted by molar-refractivity contribution is 0.215. The number of amides is 2. The van der Waals surface area contributed by atoms with Gasteiger partial charge in [-0.15, -0.1) is 0 Å². The minimum absolute atomic E-state index is 0.0590. The Hall–Kier alpha value is -1.51. The van der Waals surface area contributed by atoms with Crippen LogP contribution < -0.4 is 10.6 Å². The fraction of sp³-hybridized carbons (Fsp3) is 0.667. The molecule has 1 aromatic rings. The van der Waals surface area contributed by atoms with E-state index in [9.17, 15) is 4.79 Å². The van der Waals surface area contributed by atoms with Gasteiger partial charge in [-0.2, -0.15) is 0 Å². The molecule has 24 heavy (non-hydrogen) atoms. The molecule has 2 saturated carbocycles. The van der Waals surface area contributed by atoms with Gasteiger partial charge in [0.25, 0.3) is 0 Å². The van der Waals surface area contributed by atoms with E-state index in [4.69, 9.17) is 0 Å². The van der Waals surface area contributed by atoms with Crippen LogP contribution in [0.25, 0.3) is 0 Å². The van der Waals surface area contributed by atoms with Crippen molar-refractivity contribution in [1.29, 1.82) is 0 Å². The highest BCUT2D eigenvalue weighted by molar-refractivity contribution is 5.89. The van der Waals surface area contributed by atoms with Crippen molar-refractivity contribution < 1.29 is 4.79 Å². The maximum absolute atomic E-state index is 12.2. The van der Waals surface area contributed by atoms with Gasteiger partial charge in [0.2, 0.25) is 0 Å². The Morgan fingerprint density at radius 1 is 1.00 bits per heavy atom. The minimum Gasteiger partial charge on any atom is -0.335 e. The Kier molecular flexibility index (Phi) is 6.17. The minimum atomic E-state index is -0.0590. The topological polar surface area (TPSA) is 41.1 Å². The Morgan fingerprint density at radius 2 is 1.71 bits per heavy atom. The van der Waals surface area contributed by atoms with E-state index in [1.54, 1.807) is 0 Å². The van der Waals surface area contributed by atoms with Crippen LogP contribution in [0.4, 0.5) is 10.5 Å². The van der Waals surface area contributed by atoms with E-state index in [0.29, 0.717) is 6.04 Å². The number of nitrogens with one attached hydrogen (secondary N) is 2. The molecular weight excluding hydrogens is 296 g/mol. The monoisotopic (exact) mass is 328 g/mol. The van der Waals surface area contributed by atoms with Crippen LogP contribution >= 0.6 is 0 Å². The molecular formula is C21H32N2O. The average molecular weight is 329 g/mol. The Bertz CT molecular complexity index is 528. The zero-order valence-electron chi connectivity index (χ0n) is 15.0. The van der Waals surface area contributed by atoms with Crippen LogP contribution in [0, 0.1) is 18.8 Å². The smallest absolute Gasteiger partial charge is 0.319 e. The van der Waals surface area contributed by atoms with Gasteiger partial charge in [0.1, 0.15) is 0 Å². The van der Waals surface area contributed by atoms with E-state index in [2.05, 4.69) is 10.6 Å². The van der Waals surface area contributed by atoms with E-state index in [0.717, 1.165) is 35.9 Å². The van der Waals surface area contributed by atoms with Crippen molar-refractivity contribution in [2.45, 2.75) is 77.2 Å². The van der Waals surface area contributed by atoms with Gasteiger partial charge in [0.15, 0.2) is 0 Å². The van der Waals surface area contributed by atoms with Crippen molar-refractivity contribution in [3.63, 3.8) is 0 Å². The summed E-state index contributed by atoms with van der Waals surface area (Å²) in [6.07, 6.45) is 13.5. The van der Waals surface area contributed by atoms with Crippen LogP contribution in [0.15, 0.2) is 24.3 Å². The van der Waals surface area contributed by atoms with Gasteiger partial charge in [-0.25, -0.2) is 4.79 Å². The molecule has 2 fully saturated rings. The van der Waals surface area contributed by atoms with E-state index < -0.39 is 0 Å². The van der Waals surface area contributed by atoms with Crippen LogP contribution in [0.1, 0.15) is 69.8 Å². The van der Waals surface area contributed by atoms with Gasteiger partial charge >= 0.3 is 6.03 Å². The molecule has 1 aromatic carbocycles. The first-order valence-electron chi connectivity index (χ1n) is 9.83. The molecule has 2 aliphatic rings. The van der Waals surface area contributed by atoms with E-state index in [1.807, 2.05) is 31.2 Å². The second kappa shape index (κ2) is 8.55. The first kappa shape index (κ1) is 17.3. The number of anilines is 1. The van der Waals surface area contributed by atoms with Gasteiger partial charge in [-0.3, -0.25) is 0 Å². The van der Waals surface area contributed by atoms with Crippen molar-refractivity contribution in [2.24, 2.45) is 11.8 Å². The predicted molar refractivity (Wildman–Crippen MR) is 100 cm³/mol. The molecule has 0 unspecified atom stereocenters.